The van der Waals surface area contributed by atoms with Gasteiger partial charge in [-0.05, 0) is 30.3 Å². The van der Waals surface area contributed by atoms with Crippen LogP contribution in [0.5, 0.6) is 5.75 Å². The number of nitrogens with zero attached hydrogens (tertiary/aromatic N) is 3. The van der Waals surface area contributed by atoms with E-state index in [-0.39, 0.29) is 5.95 Å². The van der Waals surface area contributed by atoms with Crippen LogP contribution in [0, 0.1) is 5.82 Å². The third kappa shape index (κ3) is 4.88. The van der Waals surface area contributed by atoms with Crippen LogP contribution in [0.1, 0.15) is 0 Å². The van der Waals surface area contributed by atoms with Crippen molar-refractivity contribution in [1.29, 1.82) is 0 Å². The fraction of sp³-hybridized carbons (Fsp3) is 0.118. The maximum absolute atomic E-state index is 13.4. The Hall–Kier alpha value is -3.27. The molecule has 0 radical (unpaired) electrons. The first-order valence-electron chi connectivity index (χ1n) is 7.72. The summed E-state index contributed by atoms with van der Waals surface area (Å²) < 4.78 is 43.7. The Balaban J connectivity index is 1.88. The van der Waals surface area contributed by atoms with Crippen molar-refractivity contribution >= 4 is 27.3 Å². The minimum absolute atomic E-state index is 0.239. The molecule has 1 heterocycles. The van der Waals surface area contributed by atoms with Gasteiger partial charge in [0.1, 0.15) is 17.9 Å². The van der Waals surface area contributed by atoms with Gasteiger partial charge < -0.3 is 10.1 Å². The number of hydrogen-bond acceptors (Lipinski definition) is 7. The van der Waals surface area contributed by atoms with Crippen molar-refractivity contribution in [3.8, 4) is 17.1 Å². The first-order chi connectivity index (χ1) is 12.8. The lowest BCUT2D eigenvalue weighted by atomic mass is 10.2. The number of methoxy groups -OCH3 is 1. The monoisotopic (exact) mass is 389 g/mol. The predicted octanol–water partition coefficient (Wildman–Crippen LogP) is 2.80. The standard InChI is InChI=1S/C17H16FN5O3S/c1-26-15-8-11(18)6-7-14(15)16-19-10-20-17(22-16)21-12-4-3-5-13(9-12)23-27(2,24)25/h3-10,23H,1-2H3,(H,19,20,21,22). The van der Waals surface area contributed by atoms with Gasteiger partial charge in [-0.2, -0.15) is 4.98 Å². The molecule has 3 rings (SSSR count). The number of nitrogens with one attached hydrogen (secondary N) is 2. The molecule has 10 heteroatoms. The first kappa shape index (κ1) is 18.5. The molecular formula is C17H16FN5O3S. The molecule has 3 aromatic rings. The van der Waals surface area contributed by atoms with E-state index in [9.17, 15) is 12.8 Å². The van der Waals surface area contributed by atoms with Crippen LogP contribution in [-0.2, 0) is 10.0 Å². The Morgan fingerprint density at radius 3 is 2.59 bits per heavy atom. The van der Waals surface area contributed by atoms with Crippen molar-refractivity contribution in [2.24, 2.45) is 0 Å². The van der Waals surface area contributed by atoms with Crippen LogP contribution in [0.4, 0.5) is 21.7 Å². The molecule has 0 aliphatic rings. The highest BCUT2D eigenvalue weighted by Gasteiger charge is 2.11. The molecule has 1 aromatic heterocycles. The van der Waals surface area contributed by atoms with Crippen LogP contribution < -0.4 is 14.8 Å². The van der Waals surface area contributed by atoms with Gasteiger partial charge in [-0.15, -0.1) is 0 Å². The maximum Gasteiger partial charge on any atom is 0.230 e. The lowest BCUT2D eigenvalue weighted by Gasteiger charge is -2.10. The number of rotatable bonds is 6. The molecule has 0 aliphatic heterocycles. The van der Waals surface area contributed by atoms with Crippen molar-refractivity contribution in [2.75, 3.05) is 23.4 Å². The van der Waals surface area contributed by atoms with Crippen molar-refractivity contribution in [3.63, 3.8) is 0 Å². The number of anilines is 3. The Kier molecular flexibility index (Phi) is 5.17. The van der Waals surface area contributed by atoms with Crippen molar-refractivity contribution < 1.29 is 17.5 Å². The lowest BCUT2D eigenvalue weighted by molar-refractivity contribution is 0.412. The second-order valence-electron chi connectivity index (χ2n) is 5.56. The molecule has 2 aromatic carbocycles. The van der Waals surface area contributed by atoms with E-state index in [1.54, 1.807) is 24.3 Å². The van der Waals surface area contributed by atoms with E-state index < -0.39 is 15.8 Å². The van der Waals surface area contributed by atoms with Crippen LogP contribution in [0.15, 0.2) is 48.8 Å². The highest BCUT2D eigenvalue weighted by Crippen LogP contribution is 2.28. The zero-order valence-electron chi connectivity index (χ0n) is 14.5. The van der Waals surface area contributed by atoms with Crippen LogP contribution in [0.25, 0.3) is 11.4 Å². The summed E-state index contributed by atoms with van der Waals surface area (Å²) in [5.74, 6) is 0.405. The third-order valence-corrected chi connectivity index (χ3v) is 4.00. The third-order valence-electron chi connectivity index (χ3n) is 3.40. The molecule has 0 amide bonds. The van der Waals surface area contributed by atoms with Gasteiger partial charge in [0.05, 0.1) is 24.6 Å². The lowest BCUT2D eigenvalue weighted by Crippen LogP contribution is -2.09. The van der Waals surface area contributed by atoms with Gasteiger partial charge in [-0.3, -0.25) is 4.72 Å². The summed E-state index contributed by atoms with van der Waals surface area (Å²) in [6, 6.07) is 10.7. The second kappa shape index (κ2) is 7.54. The van der Waals surface area contributed by atoms with Crippen molar-refractivity contribution in [3.05, 3.63) is 54.6 Å². The van der Waals surface area contributed by atoms with Gasteiger partial charge >= 0.3 is 0 Å². The molecule has 0 atom stereocenters. The minimum Gasteiger partial charge on any atom is -0.496 e. The van der Waals surface area contributed by atoms with Crippen LogP contribution in [0.2, 0.25) is 0 Å². The van der Waals surface area contributed by atoms with Crippen LogP contribution in [-0.4, -0.2) is 36.7 Å². The fourth-order valence-electron chi connectivity index (χ4n) is 2.34. The van der Waals surface area contributed by atoms with Gasteiger partial charge in [0.25, 0.3) is 0 Å². The number of aromatic nitrogens is 3. The number of halogens is 1. The van der Waals surface area contributed by atoms with Gasteiger partial charge in [0.15, 0.2) is 5.82 Å². The highest BCUT2D eigenvalue weighted by atomic mass is 32.2. The number of sulfonamides is 1. The molecule has 0 bridgehead atoms. The maximum atomic E-state index is 13.4. The molecule has 0 saturated heterocycles. The first-order valence-corrected chi connectivity index (χ1v) is 9.61. The molecule has 0 unspecified atom stereocenters. The summed E-state index contributed by atoms with van der Waals surface area (Å²) in [7, 11) is -1.95. The number of benzene rings is 2. The topological polar surface area (TPSA) is 106 Å². The molecule has 0 saturated carbocycles. The van der Waals surface area contributed by atoms with Crippen molar-refractivity contribution in [1.82, 2.24) is 15.0 Å². The summed E-state index contributed by atoms with van der Waals surface area (Å²) in [5.41, 5.74) is 1.49. The molecule has 0 fully saturated rings. The molecular weight excluding hydrogens is 373 g/mol. The normalized spacial score (nSPS) is 11.1. The summed E-state index contributed by atoms with van der Waals surface area (Å²) in [5, 5.41) is 2.98. The summed E-state index contributed by atoms with van der Waals surface area (Å²) >= 11 is 0. The second-order valence-corrected chi connectivity index (χ2v) is 7.31. The molecule has 27 heavy (non-hydrogen) atoms. The highest BCUT2D eigenvalue weighted by molar-refractivity contribution is 7.92. The zero-order chi connectivity index (χ0) is 19.4. The molecule has 0 spiro atoms. The number of hydrogen-bond donors (Lipinski definition) is 2. The quantitative estimate of drug-likeness (QED) is 0.668. The fourth-order valence-corrected chi connectivity index (χ4v) is 2.89. The minimum atomic E-state index is -3.38. The Bertz CT molecular complexity index is 1080. The summed E-state index contributed by atoms with van der Waals surface area (Å²) in [6.45, 7) is 0. The van der Waals surface area contributed by atoms with E-state index in [1.165, 1.54) is 31.6 Å². The Morgan fingerprint density at radius 1 is 1.07 bits per heavy atom. The molecule has 2 N–H and O–H groups in total. The van der Waals surface area contributed by atoms with Gasteiger partial charge in [0.2, 0.25) is 16.0 Å². The zero-order valence-corrected chi connectivity index (χ0v) is 15.3. The van der Waals surface area contributed by atoms with E-state index in [0.717, 1.165) is 6.26 Å². The summed E-state index contributed by atoms with van der Waals surface area (Å²) in [4.78, 5) is 12.5. The molecule has 8 nitrogen and oxygen atoms in total. The summed E-state index contributed by atoms with van der Waals surface area (Å²) in [6.07, 6.45) is 2.38. The number of ether oxygens (including phenoxy) is 1. The van der Waals surface area contributed by atoms with Crippen LogP contribution >= 0.6 is 0 Å². The van der Waals surface area contributed by atoms with Gasteiger partial charge in [-0.1, -0.05) is 6.07 Å². The van der Waals surface area contributed by atoms with Gasteiger partial charge in [-0.25, -0.2) is 22.8 Å². The Labute approximate surface area is 155 Å². The van der Waals surface area contributed by atoms with E-state index in [0.29, 0.717) is 28.5 Å². The smallest absolute Gasteiger partial charge is 0.230 e. The molecule has 0 aliphatic carbocycles. The largest absolute Gasteiger partial charge is 0.496 e. The average Bonchev–Trinajstić information content (AvgIpc) is 2.60. The average molecular weight is 389 g/mol. The van der Waals surface area contributed by atoms with Crippen LogP contribution in [0.3, 0.4) is 0 Å². The van der Waals surface area contributed by atoms with E-state index in [2.05, 4.69) is 25.0 Å². The van der Waals surface area contributed by atoms with E-state index >= 15 is 0 Å². The van der Waals surface area contributed by atoms with E-state index in [4.69, 9.17) is 4.74 Å². The van der Waals surface area contributed by atoms with E-state index in [1.807, 2.05) is 0 Å². The Morgan fingerprint density at radius 2 is 1.85 bits per heavy atom. The molecule has 140 valence electrons. The SMILES string of the molecule is COc1cc(F)ccc1-c1ncnc(Nc2cccc(NS(C)(=O)=O)c2)n1. The predicted molar refractivity (Wildman–Crippen MR) is 100.0 cm³/mol. The van der Waals surface area contributed by atoms with Gasteiger partial charge in [0, 0.05) is 11.8 Å². The van der Waals surface area contributed by atoms with Crippen molar-refractivity contribution in [2.45, 2.75) is 0 Å².